The van der Waals surface area contributed by atoms with E-state index in [1.54, 1.807) is 0 Å². The lowest BCUT2D eigenvalue weighted by molar-refractivity contribution is -0.152. The van der Waals surface area contributed by atoms with Gasteiger partial charge in [-0.3, -0.25) is 4.79 Å². The number of Topliss-reactive ketones (excluding diaryl/α,β-unsaturated/α-hetero) is 1. The molecule has 3 aliphatic carbocycles. The molecule has 0 saturated heterocycles. The van der Waals surface area contributed by atoms with E-state index in [0.717, 1.165) is 12.8 Å². The van der Waals surface area contributed by atoms with Crippen LogP contribution in [0, 0.1) is 22.2 Å². The molecule has 0 spiro atoms. The molecule has 1 nitrogen and oxygen atoms in total. The van der Waals surface area contributed by atoms with Gasteiger partial charge < -0.3 is 0 Å². The van der Waals surface area contributed by atoms with Crippen LogP contribution in [0.1, 0.15) is 65.7 Å². The minimum absolute atomic E-state index is 0.327. The van der Waals surface area contributed by atoms with Crippen molar-refractivity contribution in [2.75, 3.05) is 0 Å². The van der Waals surface area contributed by atoms with Gasteiger partial charge in [-0.05, 0) is 48.3 Å². The first kappa shape index (κ1) is 10.8. The second-order valence-electron chi connectivity index (χ2n) is 7.09. The quantitative estimate of drug-likeness (QED) is 0.604. The molecular weight excluding hydrogens is 196 g/mol. The molecule has 0 aromatic heterocycles. The summed E-state index contributed by atoms with van der Waals surface area (Å²) in [5, 5.41) is 0. The Hall–Kier alpha value is -0.330. The van der Waals surface area contributed by atoms with Crippen LogP contribution in [-0.2, 0) is 4.79 Å². The molecular formula is C15H24O. The van der Waals surface area contributed by atoms with Crippen molar-refractivity contribution in [3.8, 4) is 0 Å². The summed E-state index contributed by atoms with van der Waals surface area (Å²) in [5.41, 5.74) is 1.35. The van der Waals surface area contributed by atoms with Crippen LogP contribution in [0.5, 0.6) is 0 Å². The summed E-state index contributed by atoms with van der Waals surface area (Å²) in [6, 6.07) is 0. The Bertz CT molecular complexity index is 347. The topological polar surface area (TPSA) is 17.1 Å². The van der Waals surface area contributed by atoms with E-state index in [0.29, 0.717) is 27.9 Å². The van der Waals surface area contributed by atoms with Crippen molar-refractivity contribution in [1.82, 2.24) is 0 Å². The Labute approximate surface area is 99.0 Å². The van der Waals surface area contributed by atoms with Crippen molar-refractivity contribution >= 4 is 5.78 Å². The van der Waals surface area contributed by atoms with E-state index in [2.05, 4.69) is 20.8 Å². The van der Waals surface area contributed by atoms with Gasteiger partial charge in [0.05, 0.1) is 0 Å². The highest BCUT2D eigenvalue weighted by molar-refractivity contribution is 5.83. The van der Waals surface area contributed by atoms with Gasteiger partial charge >= 0.3 is 0 Å². The van der Waals surface area contributed by atoms with Crippen molar-refractivity contribution in [2.45, 2.75) is 65.7 Å². The summed E-state index contributed by atoms with van der Waals surface area (Å²) < 4.78 is 0. The zero-order valence-corrected chi connectivity index (χ0v) is 10.9. The van der Waals surface area contributed by atoms with Gasteiger partial charge in [0.1, 0.15) is 5.78 Å². The Morgan fingerprint density at radius 2 is 1.81 bits per heavy atom. The highest BCUT2D eigenvalue weighted by Gasteiger charge is 2.68. The lowest BCUT2D eigenvalue weighted by Gasteiger charge is -2.60. The molecule has 3 saturated carbocycles. The fraction of sp³-hybridized carbons (Fsp3) is 0.933. The largest absolute Gasteiger partial charge is 0.299 e. The fourth-order valence-corrected chi connectivity index (χ4v) is 5.61. The third-order valence-electron chi connectivity index (χ3n) is 7.09. The summed E-state index contributed by atoms with van der Waals surface area (Å²) >= 11 is 0. The van der Waals surface area contributed by atoms with Crippen molar-refractivity contribution in [2.24, 2.45) is 22.2 Å². The summed E-state index contributed by atoms with van der Waals surface area (Å²) in [6.07, 6.45) is 8.73. The van der Waals surface area contributed by atoms with Crippen molar-refractivity contribution < 1.29 is 4.79 Å². The van der Waals surface area contributed by atoms with Crippen molar-refractivity contribution in [3.63, 3.8) is 0 Å². The van der Waals surface area contributed by atoms with Crippen LogP contribution in [0.3, 0.4) is 0 Å². The third kappa shape index (κ3) is 0.926. The minimum Gasteiger partial charge on any atom is -0.299 e. The Kier molecular flexibility index (Phi) is 1.97. The first-order chi connectivity index (χ1) is 7.45. The van der Waals surface area contributed by atoms with Gasteiger partial charge in [0.25, 0.3) is 0 Å². The van der Waals surface area contributed by atoms with E-state index >= 15 is 0 Å². The molecule has 1 heteroatoms. The smallest absolute Gasteiger partial charge is 0.136 e. The second-order valence-corrected chi connectivity index (χ2v) is 7.09. The molecule has 2 bridgehead atoms. The van der Waals surface area contributed by atoms with Gasteiger partial charge in [-0.15, -0.1) is 0 Å². The number of carbonyl (C=O) groups is 1. The van der Waals surface area contributed by atoms with Crippen LogP contribution < -0.4 is 0 Å². The molecule has 3 rings (SSSR count). The molecule has 0 aliphatic heterocycles. The second kappa shape index (κ2) is 2.91. The molecule has 3 fully saturated rings. The number of ketones is 1. The highest BCUT2D eigenvalue weighted by Crippen LogP contribution is 2.75. The van der Waals surface area contributed by atoms with Gasteiger partial charge in [0, 0.05) is 12.3 Å². The van der Waals surface area contributed by atoms with E-state index in [1.165, 1.54) is 32.1 Å². The SMILES string of the molecule is CC1C(=O)CCC2(C)C3(C)CCCC12CC3. The number of hydrogen-bond acceptors (Lipinski definition) is 1. The lowest BCUT2D eigenvalue weighted by Crippen LogP contribution is -2.55. The number of rotatable bonds is 0. The van der Waals surface area contributed by atoms with Crippen LogP contribution in [0.15, 0.2) is 0 Å². The number of hydrogen-bond donors (Lipinski definition) is 0. The minimum atomic E-state index is 0.327. The van der Waals surface area contributed by atoms with Gasteiger partial charge in [-0.1, -0.05) is 27.2 Å². The van der Waals surface area contributed by atoms with Crippen LogP contribution >= 0.6 is 0 Å². The van der Waals surface area contributed by atoms with E-state index < -0.39 is 0 Å². The predicted octanol–water partition coefficient (Wildman–Crippen LogP) is 3.96. The monoisotopic (exact) mass is 220 g/mol. The third-order valence-corrected chi connectivity index (χ3v) is 7.09. The molecule has 0 radical (unpaired) electrons. The summed E-state index contributed by atoms with van der Waals surface area (Å²) in [5.74, 6) is 0.872. The zero-order valence-electron chi connectivity index (χ0n) is 10.9. The summed E-state index contributed by atoms with van der Waals surface area (Å²) in [6.45, 7) is 7.22. The average Bonchev–Trinajstić information content (AvgIpc) is 2.40. The normalized spacial score (nSPS) is 56.2. The Morgan fingerprint density at radius 3 is 2.56 bits per heavy atom. The van der Waals surface area contributed by atoms with E-state index in [4.69, 9.17) is 0 Å². The van der Waals surface area contributed by atoms with Gasteiger partial charge in [-0.2, -0.15) is 0 Å². The maximum Gasteiger partial charge on any atom is 0.136 e. The molecule has 16 heavy (non-hydrogen) atoms. The summed E-state index contributed by atoms with van der Waals surface area (Å²) in [4.78, 5) is 12.1. The Balaban J connectivity index is 2.13. The summed E-state index contributed by atoms with van der Waals surface area (Å²) in [7, 11) is 0. The molecule has 90 valence electrons. The van der Waals surface area contributed by atoms with Crippen LogP contribution in [0.2, 0.25) is 0 Å². The molecule has 0 N–H and O–H groups in total. The van der Waals surface area contributed by atoms with Gasteiger partial charge in [0.15, 0.2) is 0 Å². The van der Waals surface area contributed by atoms with Gasteiger partial charge in [-0.25, -0.2) is 0 Å². The molecule has 0 heterocycles. The van der Waals surface area contributed by atoms with E-state index in [1.807, 2.05) is 0 Å². The average molecular weight is 220 g/mol. The molecule has 4 unspecified atom stereocenters. The van der Waals surface area contributed by atoms with Crippen molar-refractivity contribution in [3.05, 3.63) is 0 Å². The van der Waals surface area contributed by atoms with Crippen molar-refractivity contribution in [1.29, 1.82) is 0 Å². The predicted molar refractivity (Wildman–Crippen MR) is 65.1 cm³/mol. The molecule has 0 aromatic carbocycles. The van der Waals surface area contributed by atoms with Crippen LogP contribution in [-0.4, -0.2) is 5.78 Å². The molecule has 3 aliphatic rings. The maximum atomic E-state index is 12.1. The van der Waals surface area contributed by atoms with Crippen LogP contribution in [0.4, 0.5) is 0 Å². The number of carbonyl (C=O) groups excluding carboxylic acids is 1. The van der Waals surface area contributed by atoms with Gasteiger partial charge in [0.2, 0.25) is 0 Å². The molecule has 0 aromatic rings. The highest BCUT2D eigenvalue weighted by atomic mass is 16.1. The fourth-order valence-electron chi connectivity index (χ4n) is 5.61. The molecule has 0 amide bonds. The zero-order chi connectivity index (χ0) is 11.6. The maximum absolute atomic E-state index is 12.1. The first-order valence-corrected chi connectivity index (χ1v) is 6.98. The van der Waals surface area contributed by atoms with E-state index in [-0.39, 0.29) is 0 Å². The standard InChI is InChI=1S/C15H24O/c1-11-12(16)5-8-14(3)13(2)6-4-7-15(11,14)10-9-13/h11H,4-10H2,1-3H3. The first-order valence-electron chi connectivity index (χ1n) is 6.98. The van der Waals surface area contributed by atoms with Crippen LogP contribution in [0.25, 0.3) is 0 Å². The Morgan fingerprint density at radius 1 is 1.06 bits per heavy atom. The lowest BCUT2D eigenvalue weighted by atomic mass is 9.44. The van der Waals surface area contributed by atoms with E-state index in [9.17, 15) is 4.79 Å². The molecule has 4 atom stereocenters.